The molecule has 2 unspecified atom stereocenters. The highest BCUT2D eigenvalue weighted by molar-refractivity contribution is 5.83. The van der Waals surface area contributed by atoms with Crippen LogP contribution in [0, 0.1) is 5.92 Å². The van der Waals surface area contributed by atoms with Crippen LogP contribution in [0.4, 0.5) is 4.79 Å². The molecule has 0 heterocycles. The van der Waals surface area contributed by atoms with E-state index in [1.165, 1.54) is 0 Å². The number of carbonyl (C=O) groups is 3. The van der Waals surface area contributed by atoms with Crippen LogP contribution in [-0.4, -0.2) is 35.1 Å². The number of nitrogens with one attached hydrogen (secondary N) is 2. The second-order valence-electron chi connectivity index (χ2n) is 4.90. The van der Waals surface area contributed by atoms with Crippen molar-refractivity contribution in [3.05, 3.63) is 0 Å². The SMILES string of the molecule is CCCC1CC1NC(=O)N[C@H](CCC(N)=O)C(=O)O. The van der Waals surface area contributed by atoms with E-state index in [4.69, 9.17) is 10.8 Å². The molecule has 1 aliphatic rings. The number of carboxylic acids is 1. The Morgan fingerprint density at radius 1 is 1.42 bits per heavy atom. The number of amides is 3. The summed E-state index contributed by atoms with van der Waals surface area (Å²) < 4.78 is 0. The Labute approximate surface area is 111 Å². The van der Waals surface area contributed by atoms with Crippen LogP contribution in [0.1, 0.15) is 39.0 Å². The predicted octanol–water partition coefficient (Wildman–Crippen LogP) is 0.193. The van der Waals surface area contributed by atoms with E-state index in [9.17, 15) is 14.4 Å². The number of hydrogen-bond donors (Lipinski definition) is 4. The molecule has 0 saturated heterocycles. The molecule has 0 aliphatic heterocycles. The molecule has 0 bridgehead atoms. The monoisotopic (exact) mass is 271 g/mol. The number of carbonyl (C=O) groups excluding carboxylic acids is 2. The Balaban J connectivity index is 2.31. The highest BCUT2D eigenvalue weighted by Crippen LogP contribution is 2.34. The van der Waals surface area contributed by atoms with E-state index in [2.05, 4.69) is 17.6 Å². The first-order chi connectivity index (χ1) is 8.93. The van der Waals surface area contributed by atoms with Crippen LogP contribution in [-0.2, 0) is 9.59 Å². The van der Waals surface area contributed by atoms with Gasteiger partial charge in [0.25, 0.3) is 0 Å². The summed E-state index contributed by atoms with van der Waals surface area (Å²) >= 11 is 0. The predicted molar refractivity (Wildman–Crippen MR) is 68.3 cm³/mol. The van der Waals surface area contributed by atoms with E-state index >= 15 is 0 Å². The minimum absolute atomic E-state index is 0.00113. The first kappa shape index (κ1) is 15.3. The molecule has 0 aromatic rings. The zero-order chi connectivity index (χ0) is 14.4. The van der Waals surface area contributed by atoms with Crippen LogP contribution in [0.2, 0.25) is 0 Å². The molecule has 7 heteroatoms. The molecule has 5 N–H and O–H groups in total. The maximum Gasteiger partial charge on any atom is 0.326 e. The Bertz CT molecular complexity index is 359. The van der Waals surface area contributed by atoms with Crippen molar-refractivity contribution in [2.45, 2.75) is 51.1 Å². The number of aliphatic carboxylic acids is 1. The number of carboxylic acid groups (broad SMARTS) is 1. The molecule has 19 heavy (non-hydrogen) atoms. The minimum Gasteiger partial charge on any atom is -0.480 e. The van der Waals surface area contributed by atoms with Gasteiger partial charge >= 0.3 is 12.0 Å². The van der Waals surface area contributed by atoms with Crippen molar-refractivity contribution in [2.75, 3.05) is 0 Å². The standard InChI is InChI=1S/C12H21N3O4/c1-2-3-7-6-9(7)15-12(19)14-8(11(17)18)4-5-10(13)16/h7-9H,2-6H2,1H3,(H2,13,16)(H,17,18)(H2,14,15,19)/t7?,8-,9?/m1/s1. The molecule has 1 fully saturated rings. The largest absolute Gasteiger partial charge is 0.480 e. The third-order valence-electron chi connectivity index (χ3n) is 3.18. The molecule has 1 rings (SSSR count). The van der Waals surface area contributed by atoms with Gasteiger partial charge in [0.05, 0.1) is 0 Å². The number of urea groups is 1. The van der Waals surface area contributed by atoms with Crippen LogP contribution in [0.25, 0.3) is 0 Å². The quantitative estimate of drug-likeness (QED) is 0.503. The van der Waals surface area contributed by atoms with Gasteiger partial charge in [0.15, 0.2) is 0 Å². The summed E-state index contributed by atoms with van der Waals surface area (Å²) in [5.74, 6) is -1.25. The van der Waals surface area contributed by atoms with Crippen LogP contribution in [0.3, 0.4) is 0 Å². The van der Waals surface area contributed by atoms with Crippen LogP contribution in [0.5, 0.6) is 0 Å². The fourth-order valence-corrected chi connectivity index (χ4v) is 2.03. The fraction of sp³-hybridized carbons (Fsp3) is 0.750. The second-order valence-corrected chi connectivity index (χ2v) is 4.90. The van der Waals surface area contributed by atoms with Gasteiger partial charge in [0, 0.05) is 12.5 Å². The average molecular weight is 271 g/mol. The van der Waals surface area contributed by atoms with E-state index in [0.29, 0.717) is 5.92 Å². The zero-order valence-electron chi connectivity index (χ0n) is 11.0. The van der Waals surface area contributed by atoms with Gasteiger partial charge in [-0.1, -0.05) is 13.3 Å². The maximum atomic E-state index is 11.6. The van der Waals surface area contributed by atoms with Crippen molar-refractivity contribution in [1.29, 1.82) is 0 Å². The lowest BCUT2D eigenvalue weighted by Crippen LogP contribution is -2.47. The van der Waals surface area contributed by atoms with E-state index in [1.807, 2.05) is 0 Å². The first-order valence-corrected chi connectivity index (χ1v) is 6.52. The van der Waals surface area contributed by atoms with Crippen LogP contribution >= 0.6 is 0 Å². The molecule has 0 spiro atoms. The number of nitrogens with two attached hydrogens (primary N) is 1. The van der Waals surface area contributed by atoms with Crippen molar-refractivity contribution >= 4 is 17.9 Å². The highest BCUT2D eigenvalue weighted by atomic mass is 16.4. The molecule has 1 aliphatic carbocycles. The summed E-state index contributed by atoms with van der Waals surface area (Å²) in [5, 5.41) is 14.0. The second kappa shape index (κ2) is 6.96. The third kappa shape index (κ3) is 5.58. The molecule has 3 amide bonds. The first-order valence-electron chi connectivity index (χ1n) is 6.52. The number of primary amides is 1. The highest BCUT2D eigenvalue weighted by Gasteiger charge is 2.37. The molecule has 0 aromatic heterocycles. The van der Waals surface area contributed by atoms with Crippen molar-refractivity contribution in [3.8, 4) is 0 Å². The van der Waals surface area contributed by atoms with Gasteiger partial charge in [-0.15, -0.1) is 0 Å². The van der Waals surface area contributed by atoms with Gasteiger partial charge in [-0.3, -0.25) is 4.79 Å². The summed E-state index contributed by atoms with van der Waals surface area (Å²) in [7, 11) is 0. The maximum absolute atomic E-state index is 11.6. The average Bonchev–Trinajstić information content (AvgIpc) is 3.02. The van der Waals surface area contributed by atoms with E-state index < -0.39 is 23.9 Å². The van der Waals surface area contributed by atoms with Crippen LogP contribution in [0.15, 0.2) is 0 Å². The van der Waals surface area contributed by atoms with E-state index in [1.54, 1.807) is 0 Å². The summed E-state index contributed by atoms with van der Waals surface area (Å²) in [4.78, 5) is 33.1. The van der Waals surface area contributed by atoms with Crippen molar-refractivity contribution in [3.63, 3.8) is 0 Å². The summed E-state index contributed by atoms with van der Waals surface area (Å²) in [6.45, 7) is 2.08. The van der Waals surface area contributed by atoms with Gasteiger partial charge in [0.2, 0.25) is 5.91 Å². The summed E-state index contributed by atoms with van der Waals surface area (Å²) in [5.41, 5.74) is 4.95. The Hall–Kier alpha value is -1.79. The van der Waals surface area contributed by atoms with Crippen LogP contribution < -0.4 is 16.4 Å². The lowest BCUT2D eigenvalue weighted by molar-refractivity contribution is -0.139. The molecule has 0 aromatic carbocycles. The zero-order valence-corrected chi connectivity index (χ0v) is 11.0. The van der Waals surface area contributed by atoms with Crippen molar-refractivity contribution in [2.24, 2.45) is 11.7 Å². The normalized spacial score (nSPS) is 22.4. The van der Waals surface area contributed by atoms with Gasteiger partial charge in [-0.25, -0.2) is 9.59 Å². The van der Waals surface area contributed by atoms with Gasteiger partial charge in [-0.05, 0) is 25.2 Å². The fourth-order valence-electron chi connectivity index (χ4n) is 2.03. The third-order valence-corrected chi connectivity index (χ3v) is 3.18. The van der Waals surface area contributed by atoms with E-state index in [0.717, 1.165) is 19.3 Å². The Morgan fingerprint density at radius 3 is 2.63 bits per heavy atom. The smallest absolute Gasteiger partial charge is 0.326 e. The molecule has 108 valence electrons. The molecule has 3 atom stereocenters. The minimum atomic E-state index is -1.17. The van der Waals surface area contributed by atoms with Gasteiger partial charge in [0.1, 0.15) is 6.04 Å². The van der Waals surface area contributed by atoms with Gasteiger partial charge in [-0.2, -0.15) is 0 Å². The number of hydrogen-bond acceptors (Lipinski definition) is 3. The molecular weight excluding hydrogens is 250 g/mol. The molecule has 7 nitrogen and oxygen atoms in total. The summed E-state index contributed by atoms with van der Waals surface area (Å²) in [6, 6.07) is -1.44. The molecule has 1 saturated carbocycles. The van der Waals surface area contributed by atoms with Gasteiger partial charge < -0.3 is 21.5 Å². The number of rotatable bonds is 8. The van der Waals surface area contributed by atoms with Crippen molar-refractivity contribution in [1.82, 2.24) is 10.6 Å². The molecule has 0 radical (unpaired) electrons. The topological polar surface area (TPSA) is 122 Å². The lowest BCUT2D eigenvalue weighted by Gasteiger charge is -2.14. The molecular formula is C12H21N3O4. The van der Waals surface area contributed by atoms with E-state index in [-0.39, 0.29) is 18.9 Å². The lowest BCUT2D eigenvalue weighted by atomic mass is 10.1. The van der Waals surface area contributed by atoms with Crippen molar-refractivity contribution < 1.29 is 19.5 Å². The Morgan fingerprint density at radius 2 is 2.11 bits per heavy atom. The summed E-state index contributed by atoms with van der Waals surface area (Å²) in [6.07, 6.45) is 3.01. The Kier molecular flexibility index (Phi) is 5.59.